The highest BCUT2D eigenvalue weighted by atomic mass is 16.7. The smallest absolute Gasteiger partial charge is 0.322 e. The van der Waals surface area contributed by atoms with Gasteiger partial charge < -0.3 is 4.84 Å². The number of hydrogen-bond acceptors (Lipinski definition) is 6. The van der Waals surface area contributed by atoms with Crippen LogP contribution in [0.2, 0.25) is 0 Å². The van der Waals surface area contributed by atoms with Crippen molar-refractivity contribution in [2.45, 2.75) is 0 Å². The number of pyridine rings is 1. The summed E-state index contributed by atoms with van der Waals surface area (Å²) in [6.45, 7) is 0. The van der Waals surface area contributed by atoms with Crippen molar-refractivity contribution >= 4 is 28.7 Å². The number of aromatic nitrogens is 3. The average Bonchev–Trinajstić information content (AvgIpc) is 3.29. The normalized spacial score (nSPS) is 13.0. The molecule has 2 aromatic heterocycles. The molecule has 8 nitrogen and oxygen atoms in total. The van der Waals surface area contributed by atoms with E-state index in [1.165, 1.54) is 18.3 Å². The molecule has 0 aliphatic carbocycles. The van der Waals surface area contributed by atoms with Gasteiger partial charge in [0.05, 0.1) is 28.5 Å². The number of benzene rings is 2. The first-order valence-corrected chi connectivity index (χ1v) is 8.73. The van der Waals surface area contributed by atoms with Crippen LogP contribution < -0.4 is 0 Å². The molecule has 29 heavy (non-hydrogen) atoms. The number of amides is 2. The molecule has 0 spiro atoms. The molecule has 4 aromatic rings. The van der Waals surface area contributed by atoms with Crippen LogP contribution in [0.1, 0.15) is 31.2 Å². The number of hydrogen-bond donors (Lipinski definition) is 0. The van der Waals surface area contributed by atoms with E-state index in [0.29, 0.717) is 10.8 Å². The Morgan fingerprint density at radius 1 is 0.862 bits per heavy atom. The van der Waals surface area contributed by atoms with Crippen LogP contribution in [-0.4, -0.2) is 37.6 Å². The molecule has 0 N–H and O–H groups in total. The highest BCUT2D eigenvalue weighted by molar-refractivity contribution is 6.21. The summed E-state index contributed by atoms with van der Waals surface area (Å²) in [5, 5.41) is 5.67. The molecule has 5 rings (SSSR count). The Kier molecular flexibility index (Phi) is 3.70. The van der Waals surface area contributed by atoms with Crippen LogP contribution in [-0.2, 0) is 4.84 Å². The van der Waals surface area contributed by atoms with Crippen molar-refractivity contribution < 1.29 is 19.2 Å². The fourth-order valence-corrected chi connectivity index (χ4v) is 3.26. The standard InChI is InChI=1S/C21H12N4O4/c26-19-14-7-2-3-8-15(14)20(27)25(19)29-21(28)18-17(10-5-11-22-18)24-16-9-4-1-6-13(16)12-23-24/h1-12H. The Balaban J connectivity index is 1.51. The number of carbonyl (C=O) groups excluding carboxylic acids is 3. The van der Waals surface area contributed by atoms with Gasteiger partial charge in [-0.15, -0.1) is 0 Å². The van der Waals surface area contributed by atoms with Crippen LogP contribution in [0.15, 0.2) is 73.1 Å². The van der Waals surface area contributed by atoms with Gasteiger partial charge in [-0.25, -0.2) is 14.5 Å². The van der Waals surface area contributed by atoms with E-state index in [1.807, 2.05) is 24.3 Å². The number of nitrogens with zero attached hydrogens (tertiary/aromatic N) is 4. The minimum absolute atomic E-state index is 0.0714. The van der Waals surface area contributed by atoms with Gasteiger partial charge in [-0.05, 0) is 30.3 Å². The molecular formula is C21H12N4O4. The second kappa shape index (κ2) is 6.38. The first-order valence-electron chi connectivity index (χ1n) is 8.73. The highest BCUT2D eigenvalue weighted by Crippen LogP contribution is 2.25. The summed E-state index contributed by atoms with van der Waals surface area (Å²) in [4.78, 5) is 47.0. The molecular weight excluding hydrogens is 372 g/mol. The van der Waals surface area contributed by atoms with Crippen LogP contribution in [0.25, 0.3) is 16.6 Å². The molecule has 0 fully saturated rings. The van der Waals surface area contributed by atoms with E-state index < -0.39 is 17.8 Å². The lowest BCUT2D eigenvalue weighted by molar-refractivity contribution is -0.0588. The third kappa shape index (κ3) is 2.58. The van der Waals surface area contributed by atoms with Gasteiger partial charge in [-0.2, -0.15) is 5.10 Å². The number of hydroxylamine groups is 2. The number of rotatable bonds is 3. The maximum Gasteiger partial charge on any atom is 0.384 e. The lowest BCUT2D eigenvalue weighted by Crippen LogP contribution is -2.33. The fraction of sp³-hybridized carbons (Fsp3) is 0. The topological polar surface area (TPSA) is 94.4 Å². The van der Waals surface area contributed by atoms with Crippen LogP contribution in [0.5, 0.6) is 0 Å². The average molecular weight is 384 g/mol. The summed E-state index contributed by atoms with van der Waals surface area (Å²) in [7, 11) is 0. The van der Waals surface area contributed by atoms with Gasteiger partial charge in [0, 0.05) is 11.6 Å². The molecule has 140 valence electrons. The van der Waals surface area contributed by atoms with Crippen molar-refractivity contribution in [1.82, 2.24) is 19.8 Å². The molecule has 0 saturated carbocycles. The number of imide groups is 1. The molecule has 1 aliphatic rings. The van der Waals surface area contributed by atoms with Gasteiger partial charge in [-0.3, -0.25) is 9.59 Å². The summed E-state index contributed by atoms with van der Waals surface area (Å²) in [5.74, 6) is -2.32. The molecule has 0 bridgehead atoms. The number of fused-ring (bicyclic) bond motifs is 2. The van der Waals surface area contributed by atoms with Gasteiger partial charge in [0.25, 0.3) is 11.8 Å². The largest absolute Gasteiger partial charge is 0.384 e. The quantitative estimate of drug-likeness (QED) is 0.504. The third-order valence-electron chi connectivity index (χ3n) is 4.62. The first-order chi connectivity index (χ1) is 14.1. The Morgan fingerprint density at radius 2 is 1.55 bits per heavy atom. The van der Waals surface area contributed by atoms with Crippen molar-refractivity contribution in [3.63, 3.8) is 0 Å². The maximum absolute atomic E-state index is 12.8. The molecule has 0 radical (unpaired) electrons. The van der Waals surface area contributed by atoms with E-state index in [2.05, 4.69) is 10.1 Å². The molecule has 3 heterocycles. The zero-order valence-electron chi connectivity index (χ0n) is 14.9. The zero-order chi connectivity index (χ0) is 20.0. The van der Waals surface area contributed by atoms with Gasteiger partial charge in [0.15, 0.2) is 5.69 Å². The Bertz CT molecular complexity index is 1280. The molecule has 0 saturated heterocycles. The summed E-state index contributed by atoms with van der Waals surface area (Å²) in [6.07, 6.45) is 3.09. The summed E-state index contributed by atoms with van der Waals surface area (Å²) in [6, 6.07) is 17.1. The van der Waals surface area contributed by atoms with Crippen LogP contribution in [0.4, 0.5) is 0 Å². The summed E-state index contributed by atoms with van der Waals surface area (Å²) >= 11 is 0. The van der Waals surface area contributed by atoms with E-state index >= 15 is 0 Å². The van der Waals surface area contributed by atoms with Crippen molar-refractivity contribution in [2.24, 2.45) is 0 Å². The predicted molar refractivity (Wildman–Crippen MR) is 101 cm³/mol. The minimum Gasteiger partial charge on any atom is -0.322 e. The van der Waals surface area contributed by atoms with E-state index in [9.17, 15) is 14.4 Å². The summed E-state index contributed by atoms with van der Waals surface area (Å²) < 4.78 is 1.56. The second-order valence-electron chi connectivity index (χ2n) is 6.32. The van der Waals surface area contributed by atoms with E-state index in [0.717, 1.165) is 10.9 Å². The predicted octanol–water partition coefficient (Wildman–Crippen LogP) is 2.79. The maximum atomic E-state index is 12.8. The van der Waals surface area contributed by atoms with Crippen LogP contribution in [0, 0.1) is 0 Å². The van der Waals surface area contributed by atoms with Crippen LogP contribution in [0.3, 0.4) is 0 Å². The first kappa shape index (κ1) is 16.8. The van der Waals surface area contributed by atoms with Gasteiger partial charge in [-0.1, -0.05) is 35.4 Å². The molecule has 1 aliphatic heterocycles. The van der Waals surface area contributed by atoms with Crippen molar-refractivity contribution in [3.05, 3.63) is 89.9 Å². The van der Waals surface area contributed by atoms with E-state index in [-0.39, 0.29) is 16.8 Å². The van der Waals surface area contributed by atoms with Gasteiger partial charge >= 0.3 is 5.97 Å². The van der Waals surface area contributed by atoms with Crippen LogP contribution >= 0.6 is 0 Å². The minimum atomic E-state index is -0.935. The molecule has 0 unspecified atom stereocenters. The number of carbonyl (C=O) groups is 3. The van der Waals surface area contributed by atoms with Crippen molar-refractivity contribution in [3.8, 4) is 5.69 Å². The molecule has 2 amide bonds. The molecule has 2 aromatic carbocycles. The monoisotopic (exact) mass is 384 g/mol. The van der Waals surface area contributed by atoms with Crippen molar-refractivity contribution in [1.29, 1.82) is 0 Å². The van der Waals surface area contributed by atoms with Gasteiger partial charge in [0.2, 0.25) is 0 Å². The van der Waals surface area contributed by atoms with Gasteiger partial charge in [0.1, 0.15) is 0 Å². The second-order valence-corrected chi connectivity index (χ2v) is 6.32. The van der Waals surface area contributed by atoms with Crippen molar-refractivity contribution in [2.75, 3.05) is 0 Å². The summed E-state index contributed by atoms with van der Waals surface area (Å²) in [5.41, 5.74) is 1.44. The number of para-hydroxylation sites is 1. The highest BCUT2D eigenvalue weighted by Gasteiger charge is 2.39. The zero-order valence-corrected chi connectivity index (χ0v) is 14.9. The SMILES string of the molecule is O=C(ON1C(=O)c2ccccc2C1=O)c1ncccc1-n1ncc2ccccc21. The Labute approximate surface area is 163 Å². The van der Waals surface area contributed by atoms with E-state index in [4.69, 9.17) is 4.84 Å². The Morgan fingerprint density at radius 3 is 2.31 bits per heavy atom. The molecule has 8 heteroatoms. The fourth-order valence-electron chi connectivity index (χ4n) is 3.26. The third-order valence-corrected chi connectivity index (χ3v) is 4.62. The van der Waals surface area contributed by atoms with E-state index in [1.54, 1.807) is 35.1 Å². The molecule has 0 atom stereocenters. The lowest BCUT2D eigenvalue weighted by Gasteiger charge is -2.14. The lowest BCUT2D eigenvalue weighted by atomic mass is 10.1. The Hall–Kier alpha value is -4.33.